The molecule has 4 heterocycles. The van der Waals surface area contributed by atoms with Crippen LogP contribution in [0.1, 0.15) is 37.9 Å². The largest absolute Gasteiger partial charge is 0.390 e. The van der Waals surface area contributed by atoms with Crippen LogP contribution in [0.5, 0.6) is 0 Å². The average molecular weight is 357 g/mol. The highest BCUT2D eigenvalue weighted by atomic mass is 16.5. The van der Waals surface area contributed by atoms with Gasteiger partial charge in [-0.1, -0.05) is 18.0 Å². The number of nitrogens with zero attached hydrogens (tertiary/aromatic N) is 5. The van der Waals surface area contributed by atoms with Crippen molar-refractivity contribution in [2.75, 3.05) is 31.1 Å². The van der Waals surface area contributed by atoms with Crippen LogP contribution in [0.4, 0.5) is 5.82 Å². The molecule has 2 fully saturated rings. The maximum absolute atomic E-state index is 10.7. The lowest BCUT2D eigenvalue weighted by atomic mass is 9.99. The molecule has 2 aromatic heterocycles. The first kappa shape index (κ1) is 17.4. The van der Waals surface area contributed by atoms with Gasteiger partial charge in [-0.05, 0) is 51.4 Å². The molecule has 7 nitrogen and oxygen atoms in total. The molecule has 0 bridgehead atoms. The molecule has 2 aromatic rings. The molecule has 0 unspecified atom stereocenters. The lowest BCUT2D eigenvalue weighted by Crippen LogP contribution is -2.54. The maximum atomic E-state index is 10.7. The summed E-state index contributed by atoms with van der Waals surface area (Å²) in [6.45, 7) is 5.60. The number of aromatic nitrogens is 3. The van der Waals surface area contributed by atoms with Crippen LogP contribution in [-0.2, 0) is 0 Å². The normalized spacial score (nSPS) is 25.2. The van der Waals surface area contributed by atoms with Crippen molar-refractivity contribution in [1.82, 2.24) is 20.0 Å². The van der Waals surface area contributed by atoms with Crippen molar-refractivity contribution in [2.45, 2.75) is 51.2 Å². The molecule has 0 amide bonds. The number of hydrogen-bond donors (Lipinski definition) is 1. The lowest BCUT2D eigenvalue weighted by Gasteiger charge is -2.42. The summed E-state index contributed by atoms with van der Waals surface area (Å²) in [7, 11) is 0. The van der Waals surface area contributed by atoms with Crippen molar-refractivity contribution in [3.63, 3.8) is 0 Å². The van der Waals surface area contributed by atoms with Gasteiger partial charge in [-0.15, -0.1) is 0 Å². The second-order valence-corrected chi connectivity index (χ2v) is 7.37. The molecule has 0 saturated carbocycles. The molecule has 0 radical (unpaired) electrons. The third-order valence-electron chi connectivity index (χ3n) is 5.50. The van der Waals surface area contributed by atoms with Crippen molar-refractivity contribution >= 4 is 5.82 Å². The SMILES string of the molecule is Cc1noc(-c2ccc(N3CC[C@@H](N4CCCCCC4)[C@H](O)C3)nc2)n1. The van der Waals surface area contributed by atoms with Crippen molar-refractivity contribution in [2.24, 2.45) is 0 Å². The lowest BCUT2D eigenvalue weighted by molar-refractivity contribution is 0.0383. The Morgan fingerprint density at radius 1 is 1.12 bits per heavy atom. The quantitative estimate of drug-likeness (QED) is 0.902. The Labute approximate surface area is 154 Å². The Morgan fingerprint density at radius 3 is 2.54 bits per heavy atom. The highest BCUT2D eigenvalue weighted by Crippen LogP contribution is 2.25. The summed E-state index contributed by atoms with van der Waals surface area (Å²) in [5.41, 5.74) is 0.814. The summed E-state index contributed by atoms with van der Waals surface area (Å²) < 4.78 is 5.18. The van der Waals surface area contributed by atoms with E-state index in [0.29, 0.717) is 18.3 Å². The van der Waals surface area contributed by atoms with E-state index in [0.717, 1.165) is 37.4 Å². The number of aliphatic hydroxyl groups excluding tert-OH is 1. The third-order valence-corrected chi connectivity index (χ3v) is 5.50. The minimum Gasteiger partial charge on any atom is -0.390 e. The van der Waals surface area contributed by atoms with Gasteiger partial charge >= 0.3 is 0 Å². The number of rotatable bonds is 3. The molecule has 1 N–H and O–H groups in total. The van der Waals surface area contributed by atoms with Crippen LogP contribution in [-0.4, -0.2) is 63.5 Å². The molecular formula is C19H27N5O2. The molecule has 2 aliphatic heterocycles. The second kappa shape index (κ2) is 7.72. The van der Waals surface area contributed by atoms with Gasteiger partial charge in [0.25, 0.3) is 5.89 Å². The highest BCUT2D eigenvalue weighted by Gasteiger charge is 2.32. The van der Waals surface area contributed by atoms with Gasteiger partial charge in [0.2, 0.25) is 0 Å². The summed E-state index contributed by atoms with van der Waals surface area (Å²) in [6.07, 6.45) is 7.56. The van der Waals surface area contributed by atoms with Crippen molar-refractivity contribution in [1.29, 1.82) is 0 Å². The molecule has 2 aliphatic rings. The van der Waals surface area contributed by atoms with Gasteiger partial charge in [0, 0.05) is 25.3 Å². The highest BCUT2D eigenvalue weighted by molar-refractivity contribution is 5.54. The van der Waals surface area contributed by atoms with Gasteiger partial charge in [0.1, 0.15) is 5.82 Å². The summed E-state index contributed by atoms with van der Waals surface area (Å²) in [5, 5.41) is 14.5. The van der Waals surface area contributed by atoms with Crippen LogP contribution in [0.25, 0.3) is 11.5 Å². The van der Waals surface area contributed by atoms with Gasteiger partial charge in [0.15, 0.2) is 5.82 Å². The minimum atomic E-state index is -0.332. The van der Waals surface area contributed by atoms with E-state index in [9.17, 15) is 5.11 Å². The Morgan fingerprint density at radius 2 is 1.92 bits per heavy atom. The van der Waals surface area contributed by atoms with E-state index in [-0.39, 0.29) is 12.1 Å². The van der Waals surface area contributed by atoms with E-state index in [4.69, 9.17) is 4.52 Å². The molecule has 4 rings (SSSR count). The van der Waals surface area contributed by atoms with E-state index in [1.807, 2.05) is 12.1 Å². The van der Waals surface area contributed by atoms with Gasteiger partial charge in [-0.2, -0.15) is 4.98 Å². The standard InChI is InChI=1S/C19H27N5O2/c1-14-21-19(26-22-14)15-6-7-18(20-12-15)24-11-8-16(17(25)13-24)23-9-4-2-3-5-10-23/h6-7,12,16-17,25H,2-5,8-11,13H2,1H3/t16-,17-/m1/s1. The topological polar surface area (TPSA) is 78.5 Å². The monoisotopic (exact) mass is 357 g/mol. The van der Waals surface area contributed by atoms with Crippen molar-refractivity contribution in [3.8, 4) is 11.5 Å². The first-order valence-corrected chi connectivity index (χ1v) is 9.64. The number of anilines is 1. The van der Waals surface area contributed by atoms with Gasteiger partial charge in [-0.25, -0.2) is 4.98 Å². The fourth-order valence-corrected chi connectivity index (χ4v) is 4.09. The fourth-order valence-electron chi connectivity index (χ4n) is 4.09. The van der Waals surface area contributed by atoms with Crippen LogP contribution in [0.3, 0.4) is 0 Å². The zero-order valence-corrected chi connectivity index (χ0v) is 15.3. The van der Waals surface area contributed by atoms with E-state index in [1.54, 1.807) is 13.1 Å². The Hall–Kier alpha value is -1.99. The molecule has 0 spiro atoms. The molecule has 0 aromatic carbocycles. The fraction of sp³-hybridized carbons (Fsp3) is 0.632. The summed E-state index contributed by atoms with van der Waals surface area (Å²) in [4.78, 5) is 13.4. The number of aliphatic hydroxyl groups is 1. The molecule has 26 heavy (non-hydrogen) atoms. The summed E-state index contributed by atoms with van der Waals surface area (Å²) in [6, 6.07) is 4.20. The molecule has 0 aliphatic carbocycles. The third kappa shape index (κ3) is 3.73. The number of β-amino-alcohol motifs (C(OH)–C–C–N with tert-alkyl or cyclic N) is 1. The number of aryl methyl sites for hydroxylation is 1. The predicted octanol–water partition coefficient (Wildman–Crippen LogP) is 2.26. The Balaban J connectivity index is 1.40. The number of pyridine rings is 1. The summed E-state index contributed by atoms with van der Waals surface area (Å²) in [5.74, 6) is 1.99. The van der Waals surface area contributed by atoms with E-state index >= 15 is 0 Å². The summed E-state index contributed by atoms with van der Waals surface area (Å²) >= 11 is 0. The first-order chi connectivity index (χ1) is 12.7. The van der Waals surface area contributed by atoms with Crippen molar-refractivity contribution < 1.29 is 9.63 Å². The Bertz CT molecular complexity index is 709. The van der Waals surface area contributed by atoms with E-state index in [2.05, 4.69) is 24.9 Å². The molecule has 140 valence electrons. The van der Waals surface area contributed by atoms with Crippen LogP contribution in [0.15, 0.2) is 22.9 Å². The number of piperidine rings is 1. The van der Waals surface area contributed by atoms with Crippen LogP contribution in [0.2, 0.25) is 0 Å². The zero-order valence-electron chi connectivity index (χ0n) is 15.3. The van der Waals surface area contributed by atoms with E-state index in [1.165, 1.54) is 25.7 Å². The maximum Gasteiger partial charge on any atom is 0.259 e. The number of likely N-dealkylation sites (tertiary alicyclic amines) is 1. The number of hydrogen-bond acceptors (Lipinski definition) is 7. The minimum absolute atomic E-state index is 0.282. The first-order valence-electron chi connectivity index (χ1n) is 9.64. The van der Waals surface area contributed by atoms with Gasteiger partial charge in [0.05, 0.1) is 11.7 Å². The van der Waals surface area contributed by atoms with Gasteiger partial charge in [-0.3, -0.25) is 4.90 Å². The van der Waals surface area contributed by atoms with Gasteiger partial charge < -0.3 is 14.5 Å². The van der Waals surface area contributed by atoms with E-state index < -0.39 is 0 Å². The van der Waals surface area contributed by atoms with Crippen LogP contribution < -0.4 is 4.90 Å². The Kier molecular flexibility index (Phi) is 5.17. The van der Waals surface area contributed by atoms with Crippen LogP contribution in [0, 0.1) is 6.92 Å². The predicted molar refractivity (Wildman–Crippen MR) is 98.9 cm³/mol. The second-order valence-electron chi connectivity index (χ2n) is 7.37. The zero-order chi connectivity index (χ0) is 17.9. The van der Waals surface area contributed by atoms with Crippen molar-refractivity contribution in [3.05, 3.63) is 24.2 Å². The molecular weight excluding hydrogens is 330 g/mol. The molecule has 2 atom stereocenters. The smallest absolute Gasteiger partial charge is 0.259 e. The molecule has 7 heteroatoms. The molecule has 2 saturated heterocycles. The average Bonchev–Trinajstić information content (AvgIpc) is 2.92. The van der Waals surface area contributed by atoms with Crippen LogP contribution >= 0.6 is 0 Å².